The molecule has 0 saturated carbocycles. The lowest BCUT2D eigenvalue weighted by atomic mass is 9.87. The standard InChI is InChI=1S/C25H30FN3O2/c1-2-18-4-3-5-21-23(17-28-25(18)21)22(19-6-8-20(26)9-7-19)16-24(30)27-10-11-29-12-14-31-15-13-29/h3-9,17,22,28H,2,10-16H2,1H3,(H,27,30)/t22-/m0/s1. The molecule has 1 aromatic heterocycles. The van der Waals surface area contributed by atoms with Gasteiger partial charge in [-0.15, -0.1) is 0 Å². The summed E-state index contributed by atoms with van der Waals surface area (Å²) in [6.45, 7) is 6.88. The van der Waals surface area contributed by atoms with E-state index >= 15 is 0 Å². The van der Waals surface area contributed by atoms with Crippen LogP contribution in [0, 0.1) is 5.82 Å². The van der Waals surface area contributed by atoms with E-state index < -0.39 is 0 Å². The largest absolute Gasteiger partial charge is 0.379 e. The molecule has 4 rings (SSSR count). The number of para-hydroxylation sites is 1. The molecule has 1 fully saturated rings. The molecule has 5 nitrogen and oxygen atoms in total. The van der Waals surface area contributed by atoms with Crippen molar-refractivity contribution in [2.45, 2.75) is 25.7 Å². The Morgan fingerprint density at radius 3 is 2.71 bits per heavy atom. The fourth-order valence-electron chi connectivity index (χ4n) is 4.36. The molecule has 0 radical (unpaired) electrons. The van der Waals surface area contributed by atoms with Crippen molar-refractivity contribution >= 4 is 16.8 Å². The average Bonchev–Trinajstić information content (AvgIpc) is 3.23. The number of nitrogens with zero attached hydrogens (tertiary/aromatic N) is 1. The first-order chi connectivity index (χ1) is 15.2. The minimum atomic E-state index is -0.273. The van der Waals surface area contributed by atoms with E-state index in [0.29, 0.717) is 13.0 Å². The highest BCUT2D eigenvalue weighted by Crippen LogP contribution is 2.34. The third-order valence-electron chi connectivity index (χ3n) is 6.11. The summed E-state index contributed by atoms with van der Waals surface area (Å²) in [5.41, 5.74) is 4.36. The molecule has 2 aromatic carbocycles. The van der Waals surface area contributed by atoms with Gasteiger partial charge in [-0.25, -0.2) is 4.39 Å². The second-order valence-electron chi connectivity index (χ2n) is 8.05. The van der Waals surface area contributed by atoms with Crippen molar-refractivity contribution in [3.63, 3.8) is 0 Å². The molecule has 2 N–H and O–H groups in total. The van der Waals surface area contributed by atoms with Gasteiger partial charge in [0.2, 0.25) is 5.91 Å². The summed E-state index contributed by atoms with van der Waals surface area (Å²) in [6.07, 6.45) is 3.25. The minimum Gasteiger partial charge on any atom is -0.379 e. The summed E-state index contributed by atoms with van der Waals surface area (Å²) < 4.78 is 18.9. The normalized spacial score (nSPS) is 15.8. The summed E-state index contributed by atoms with van der Waals surface area (Å²) in [4.78, 5) is 18.6. The van der Waals surface area contributed by atoms with E-state index in [4.69, 9.17) is 4.74 Å². The van der Waals surface area contributed by atoms with Gasteiger partial charge >= 0.3 is 0 Å². The molecule has 0 aliphatic carbocycles. The highest BCUT2D eigenvalue weighted by molar-refractivity contribution is 5.88. The molecule has 1 aliphatic rings. The summed E-state index contributed by atoms with van der Waals surface area (Å²) in [5, 5.41) is 4.19. The number of fused-ring (bicyclic) bond motifs is 1. The summed E-state index contributed by atoms with van der Waals surface area (Å²) in [5.74, 6) is -0.418. The van der Waals surface area contributed by atoms with Crippen molar-refractivity contribution in [2.75, 3.05) is 39.4 Å². The molecule has 0 unspecified atom stereocenters. The van der Waals surface area contributed by atoms with Gasteiger partial charge in [0.05, 0.1) is 13.2 Å². The maximum absolute atomic E-state index is 13.6. The molecule has 31 heavy (non-hydrogen) atoms. The zero-order chi connectivity index (χ0) is 21.6. The SMILES string of the molecule is CCc1cccc2c([C@@H](CC(=O)NCCN3CCOCC3)c3ccc(F)cc3)c[nH]c12. The first-order valence-corrected chi connectivity index (χ1v) is 11.1. The average molecular weight is 424 g/mol. The molecule has 6 heteroatoms. The van der Waals surface area contributed by atoms with Gasteiger partial charge in [0.1, 0.15) is 5.82 Å². The Bertz CT molecular complexity index is 1010. The second kappa shape index (κ2) is 10.1. The van der Waals surface area contributed by atoms with Gasteiger partial charge in [0.25, 0.3) is 0 Å². The van der Waals surface area contributed by atoms with E-state index in [1.807, 2.05) is 6.20 Å². The van der Waals surface area contributed by atoms with E-state index in [0.717, 1.165) is 61.3 Å². The number of aromatic amines is 1. The van der Waals surface area contributed by atoms with Gasteiger partial charge in [0, 0.05) is 55.6 Å². The Balaban J connectivity index is 1.52. The lowest BCUT2D eigenvalue weighted by molar-refractivity contribution is -0.121. The van der Waals surface area contributed by atoms with Crippen LogP contribution in [0.25, 0.3) is 10.9 Å². The number of aryl methyl sites for hydroxylation is 1. The predicted molar refractivity (Wildman–Crippen MR) is 121 cm³/mol. The number of nitrogens with one attached hydrogen (secondary N) is 2. The summed E-state index contributed by atoms with van der Waals surface area (Å²) in [7, 11) is 0. The third-order valence-corrected chi connectivity index (χ3v) is 6.11. The van der Waals surface area contributed by atoms with Crippen molar-refractivity contribution in [2.24, 2.45) is 0 Å². The van der Waals surface area contributed by atoms with Crippen LogP contribution in [0.15, 0.2) is 48.7 Å². The number of morpholine rings is 1. The molecule has 164 valence electrons. The lowest BCUT2D eigenvalue weighted by Crippen LogP contribution is -2.41. The van der Waals surface area contributed by atoms with Crippen LogP contribution < -0.4 is 5.32 Å². The summed E-state index contributed by atoms with van der Waals surface area (Å²) >= 11 is 0. The Morgan fingerprint density at radius 2 is 1.97 bits per heavy atom. The highest BCUT2D eigenvalue weighted by atomic mass is 19.1. The second-order valence-corrected chi connectivity index (χ2v) is 8.05. The number of hydrogen-bond acceptors (Lipinski definition) is 3. The van der Waals surface area contributed by atoms with Gasteiger partial charge in [-0.2, -0.15) is 0 Å². The van der Waals surface area contributed by atoms with Crippen LogP contribution in [0.4, 0.5) is 4.39 Å². The maximum atomic E-state index is 13.6. The number of amides is 1. The van der Waals surface area contributed by atoms with E-state index in [9.17, 15) is 9.18 Å². The Labute approximate surface area is 182 Å². The molecule has 1 amide bonds. The van der Waals surface area contributed by atoms with Crippen molar-refractivity contribution in [1.82, 2.24) is 15.2 Å². The van der Waals surface area contributed by atoms with Gasteiger partial charge < -0.3 is 15.0 Å². The van der Waals surface area contributed by atoms with Gasteiger partial charge in [0.15, 0.2) is 0 Å². The Morgan fingerprint density at radius 1 is 1.19 bits per heavy atom. The molecular formula is C25H30FN3O2. The van der Waals surface area contributed by atoms with Crippen LogP contribution >= 0.6 is 0 Å². The number of rotatable bonds is 8. The van der Waals surface area contributed by atoms with Crippen molar-refractivity contribution in [3.8, 4) is 0 Å². The van der Waals surface area contributed by atoms with E-state index in [1.165, 1.54) is 17.7 Å². The number of halogens is 1. The third kappa shape index (κ3) is 5.14. The van der Waals surface area contributed by atoms with Crippen LogP contribution in [0.5, 0.6) is 0 Å². The molecule has 2 heterocycles. The van der Waals surface area contributed by atoms with Gasteiger partial charge in [-0.1, -0.05) is 37.3 Å². The molecular weight excluding hydrogens is 393 g/mol. The molecule has 1 aliphatic heterocycles. The number of benzene rings is 2. The number of hydrogen-bond donors (Lipinski definition) is 2. The zero-order valence-corrected chi connectivity index (χ0v) is 18.0. The van der Waals surface area contributed by atoms with Crippen molar-refractivity contribution in [1.29, 1.82) is 0 Å². The molecule has 3 aromatic rings. The monoisotopic (exact) mass is 423 g/mol. The highest BCUT2D eigenvalue weighted by Gasteiger charge is 2.22. The smallest absolute Gasteiger partial charge is 0.220 e. The van der Waals surface area contributed by atoms with Crippen LogP contribution in [-0.2, 0) is 16.0 Å². The number of carbonyl (C=O) groups is 1. The van der Waals surface area contributed by atoms with Gasteiger partial charge in [-0.05, 0) is 35.2 Å². The number of aromatic nitrogens is 1. The molecule has 1 atom stereocenters. The molecule has 1 saturated heterocycles. The first kappa shape index (κ1) is 21.5. The first-order valence-electron chi connectivity index (χ1n) is 11.1. The number of carbonyl (C=O) groups excluding carboxylic acids is 1. The van der Waals surface area contributed by atoms with Crippen molar-refractivity contribution in [3.05, 3.63) is 71.2 Å². The quantitative estimate of drug-likeness (QED) is 0.579. The lowest BCUT2D eigenvalue weighted by Gasteiger charge is -2.26. The van der Waals surface area contributed by atoms with E-state index in [-0.39, 0.29) is 17.6 Å². The summed E-state index contributed by atoms with van der Waals surface area (Å²) in [6, 6.07) is 12.8. The number of ether oxygens (including phenoxy) is 1. The number of H-pyrrole nitrogens is 1. The van der Waals surface area contributed by atoms with Crippen LogP contribution in [-0.4, -0.2) is 55.2 Å². The van der Waals surface area contributed by atoms with Crippen LogP contribution in [0.2, 0.25) is 0 Å². The predicted octanol–water partition coefficient (Wildman–Crippen LogP) is 3.84. The topological polar surface area (TPSA) is 57.4 Å². The van der Waals surface area contributed by atoms with Crippen molar-refractivity contribution < 1.29 is 13.9 Å². The molecule has 0 bridgehead atoms. The van der Waals surface area contributed by atoms with E-state index in [1.54, 1.807) is 12.1 Å². The fourth-order valence-corrected chi connectivity index (χ4v) is 4.36. The zero-order valence-electron chi connectivity index (χ0n) is 18.0. The maximum Gasteiger partial charge on any atom is 0.220 e. The van der Waals surface area contributed by atoms with E-state index in [2.05, 4.69) is 40.3 Å². The Kier molecular flexibility index (Phi) is 6.99. The Hall–Kier alpha value is -2.70. The van der Waals surface area contributed by atoms with Crippen LogP contribution in [0.1, 0.15) is 36.0 Å². The molecule has 0 spiro atoms. The van der Waals surface area contributed by atoms with Gasteiger partial charge in [-0.3, -0.25) is 9.69 Å². The van der Waals surface area contributed by atoms with Crippen LogP contribution in [0.3, 0.4) is 0 Å². The minimum absolute atomic E-state index is 0.00332. The fraction of sp³-hybridized carbons (Fsp3) is 0.400.